The van der Waals surface area contributed by atoms with Crippen molar-refractivity contribution in [1.29, 1.82) is 0 Å². The molecule has 57 heavy (non-hydrogen) atoms. The second-order valence-corrected chi connectivity index (χ2v) is 14.4. The van der Waals surface area contributed by atoms with Crippen LogP contribution < -0.4 is 0 Å². The van der Waals surface area contributed by atoms with Crippen molar-refractivity contribution in [3.05, 3.63) is 182 Å². The van der Waals surface area contributed by atoms with Crippen LogP contribution in [-0.2, 0) is 0 Å². The second kappa shape index (κ2) is 12.3. The van der Waals surface area contributed by atoms with Gasteiger partial charge in [-0.15, -0.1) is 0 Å². The molecule has 0 saturated carbocycles. The van der Waals surface area contributed by atoms with E-state index in [-0.39, 0.29) is 0 Å². The molecule has 0 aliphatic rings. The Morgan fingerprint density at radius 1 is 0.368 bits per heavy atom. The van der Waals surface area contributed by atoms with Gasteiger partial charge in [0.1, 0.15) is 22.3 Å². The van der Waals surface area contributed by atoms with Gasteiger partial charge in [-0.2, -0.15) is 0 Å². The highest BCUT2D eigenvalue weighted by molar-refractivity contribution is 6.25. The molecular formula is C51H30N4O2. The van der Waals surface area contributed by atoms with Gasteiger partial charge in [0.2, 0.25) is 0 Å². The van der Waals surface area contributed by atoms with Gasteiger partial charge in [0, 0.05) is 43.7 Å². The lowest BCUT2D eigenvalue weighted by Gasteiger charge is -2.10. The summed E-state index contributed by atoms with van der Waals surface area (Å²) in [5.74, 6) is 1.64. The highest BCUT2D eigenvalue weighted by atomic mass is 16.3. The van der Waals surface area contributed by atoms with E-state index in [1.54, 1.807) is 0 Å². The van der Waals surface area contributed by atoms with Crippen molar-refractivity contribution in [2.24, 2.45) is 0 Å². The summed E-state index contributed by atoms with van der Waals surface area (Å²) in [7, 11) is 0. The normalized spacial score (nSPS) is 11.9. The largest absolute Gasteiger partial charge is 0.456 e. The third-order valence-corrected chi connectivity index (χ3v) is 11.1. The van der Waals surface area contributed by atoms with E-state index >= 15 is 0 Å². The molecule has 8 aromatic carbocycles. The standard InChI is InChI=1S/C51H30N4O2/c1-3-12-31(13-4-1)32-22-24-33(25-23-32)49-52-50(34-26-27-38-37-17-8-10-21-43(37)56-45(38)30-34)54-51(53-49)41-19-11-18-40-46-44(57-48(40)41)29-28-39-36-16-7-9-20-42(36)55(47(39)46)35-14-5-2-6-15-35/h1-30H. The number of fused-ring (bicyclic) bond motifs is 10. The minimum absolute atomic E-state index is 0.524. The highest BCUT2D eigenvalue weighted by Crippen LogP contribution is 2.43. The van der Waals surface area contributed by atoms with Crippen LogP contribution in [-0.4, -0.2) is 19.5 Å². The average Bonchev–Trinajstić information content (AvgIpc) is 3.96. The number of benzene rings is 8. The van der Waals surface area contributed by atoms with Crippen LogP contribution in [0.1, 0.15) is 0 Å². The zero-order valence-corrected chi connectivity index (χ0v) is 30.4. The Bertz CT molecular complexity index is 3510. The van der Waals surface area contributed by atoms with Gasteiger partial charge < -0.3 is 13.4 Å². The summed E-state index contributed by atoms with van der Waals surface area (Å²) in [5, 5.41) is 6.52. The van der Waals surface area contributed by atoms with Gasteiger partial charge in [-0.3, -0.25) is 0 Å². The van der Waals surface area contributed by atoms with Crippen LogP contribution in [0, 0.1) is 0 Å². The van der Waals surface area contributed by atoms with E-state index in [0.717, 1.165) is 88.4 Å². The molecule has 0 saturated heterocycles. The molecule has 12 rings (SSSR count). The second-order valence-electron chi connectivity index (χ2n) is 14.4. The zero-order chi connectivity index (χ0) is 37.5. The van der Waals surface area contributed by atoms with Crippen molar-refractivity contribution < 1.29 is 8.83 Å². The number of furan rings is 2. The van der Waals surface area contributed by atoms with Crippen molar-refractivity contribution in [1.82, 2.24) is 19.5 Å². The number of hydrogen-bond donors (Lipinski definition) is 0. The summed E-state index contributed by atoms with van der Waals surface area (Å²) < 4.78 is 15.5. The Kier molecular flexibility index (Phi) is 6.83. The van der Waals surface area contributed by atoms with Gasteiger partial charge in [-0.05, 0) is 65.7 Å². The van der Waals surface area contributed by atoms with Crippen LogP contribution in [0.25, 0.3) is 117 Å². The predicted octanol–water partition coefficient (Wildman–Crippen LogP) is 13.4. The molecule has 6 heteroatoms. The van der Waals surface area contributed by atoms with Crippen molar-refractivity contribution >= 4 is 65.7 Å². The Morgan fingerprint density at radius 3 is 1.82 bits per heavy atom. The maximum Gasteiger partial charge on any atom is 0.167 e. The molecule has 0 aliphatic heterocycles. The van der Waals surface area contributed by atoms with Crippen LogP contribution >= 0.6 is 0 Å². The summed E-state index contributed by atoms with van der Waals surface area (Å²) in [4.78, 5) is 15.4. The van der Waals surface area contributed by atoms with Crippen LogP contribution in [0.4, 0.5) is 0 Å². The molecule has 6 nitrogen and oxygen atoms in total. The number of hydrogen-bond acceptors (Lipinski definition) is 5. The molecule has 0 fully saturated rings. The van der Waals surface area contributed by atoms with E-state index in [4.69, 9.17) is 23.8 Å². The van der Waals surface area contributed by atoms with E-state index in [0.29, 0.717) is 17.5 Å². The first-order valence-electron chi connectivity index (χ1n) is 19.0. The lowest BCUT2D eigenvalue weighted by Crippen LogP contribution is -2.00. The Hall–Kier alpha value is -7.83. The van der Waals surface area contributed by atoms with Gasteiger partial charge in [0.25, 0.3) is 0 Å². The molecule has 0 radical (unpaired) electrons. The van der Waals surface area contributed by atoms with Gasteiger partial charge in [-0.25, -0.2) is 15.0 Å². The van der Waals surface area contributed by atoms with E-state index in [9.17, 15) is 0 Å². The highest BCUT2D eigenvalue weighted by Gasteiger charge is 2.22. The van der Waals surface area contributed by atoms with Gasteiger partial charge in [0.05, 0.1) is 22.0 Å². The number of nitrogens with zero attached hydrogens (tertiary/aromatic N) is 4. The summed E-state index contributed by atoms with van der Waals surface area (Å²) >= 11 is 0. The van der Waals surface area contributed by atoms with E-state index in [2.05, 4.69) is 150 Å². The molecule has 266 valence electrons. The molecular weight excluding hydrogens is 701 g/mol. The summed E-state index contributed by atoms with van der Waals surface area (Å²) in [6.07, 6.45) is 0. The Labute approximate surface area is 325 Å². The fourth-order valence-electron chi connectivity index (χ4n) is 8.42. The minimum atomic E-state index is 0.524. The monoisotopic (exact) mass is 730 g/mol. The summed E-state index contributed by atoms with van der Waals surface area (Å²) in [5.41, 5.74) is 11.3. The van der Waals surface area contributed by atoms with Gasteiger partial charge in [0.15, 0.2) is 17.5 Å². The first-order valence-corrected chi connectivity index (χ1v) is 19.0. The third-order valence-electron chi connectivity index (χ3n) is 11.1. The van der Waals surface area contributed by atoms with Crippen LogP contribution in [0.2, 0.25) is 0 Å². The molecule has 12 aromatic rings. The molecule has 4 heterocycles. The van der Waals surface area contributed by atoms with E-state index in [1.807, 2.05) is 36.4 Å². The number of aromatic nitrogens is 4. The molecule has 0 atom stereocenters. The number of para-hydroxylation sites is 4. The van der Waals surface area contributed by atoms with Crippen molar-refractivity contribution in [2.45, 2.75) is 0 Å². The smallest absolute Gasteiger partial charge is 0.167 e. The molecule has 0 aliphatic carbocycles. The number of rotatable bonds is 5. The fourth-order valence-corrected chi connectivity index (χ4v) is 8.42. The maximum atomic E-state index is 6.85. The summed E-state index contributed by atoms with van der Waals surface area (Å²) in [6, 6.07) is 62.6. The Morgan fingerprint density at radius 2 is 0.982 bits per heavy atom. The minimum Gasteiger partial charge on any atom is -0.456 e. The van der Waals surface area contributed by atoms with Crippen LogP contribution in [0.3, 0.4) is 0 Å². The van der Waals surface area contributed by atoms with E-state index < -0.39 is 0 Å². The third kappa shape index (κ3) is 4.94. The van der Waals surface area contributed by atoms with Crippen LogP contribution in [0.5, 0.6) is 0 Å². The molecule has 0 bridgehead atoms. The van der Waals surface area contributed by atoms with Crippen molar-refractivity contribution in [2.75, 3.05) is 0 Å². The average molecular weight is 731 g/mol. The van der Waals surface area contributed by atoms with Crippen molar-refractivity contribution in [3.63, 3.8) is 0 Å². The Balaban J connectivity index is 1.09. The summed E-state index contributed by atoms with van der Waals surface area (Å²) in [6.45, 7) is 0. The SMILES string of the molecule is c1ccc(-c2ccc(-c3nc(-c4ccc5c(c4)oc4ccccc45)nc(-c4cccc5c4oc4ccc6c7ccccc7n(-c7ccccc7)c6c45)n3)cc2)cc1. The topological polar surface area (TPSA) is 69.9 Å². The van der Waals surface area contributed by atoms with Gasteiger partial charge in [-0.1, -0.05) is 127 Å². The lowest BCUT2D eigenvalue weighted by atomic mass is 10.0. The molecule has 0 amide bonds. The molecule has 0 unspecified atom stereocenters. The predicted molar refractivity (Wildman–Crippen MR) is 230 cm³/mol. The first-order chi connectivity index (χ1) is 28.2. The lowest BCUT2D eigenvalue weighted by molar-refractivity contribution is 0.668. The quantitative estimate of drug-likeness (QED) is 0.176. The first kappa shape index (κ1) is 31.5. The molecule has 0 N–H and O–H groups in total. The molecule has 0 spiro atoms. The maximum absolute atomic E-state index is 6.85. The van der Waals surface area contributed by atoms with Crippen LogP contribution in [0.15, 0.2) is 191 Å². The zero-order valence-electron chi connectivity index (χ0n) is 30.4. The van der Waals surface area contributed by atoms with Gasteiger partial charge >= 0.3 is 0 Å². The van der Waals surface area contributed by atoms with Crippen molar-refractivity contribution in [3.8, 4) is 51.0 Å². The van der Waals surface area contributed by atoms with E-state index in [1.165, 1.54) is 10.8 Å². The fraction of sp³-hybridized carbons (Fsp3) is 0. The molecule has 4 aromatic heterocycles.